The number of carbonyl (C=O) groups excluding carboxylic acids is 1. The van der Waals surface area contributed by atoms with Crippen LogP contribution >= 0.6 is 24.0 Å². The van der Waals surface area contributed by atoms with E-state index in [1.54, 1.807) is 6.26 Å². The molecule has 33 heavy (non-hydrogen) atoms. The molecule has 4 rings (SSSR count). The Morgan fingerprint density at radius 1 is 1.03 bits per heavy atom. The lowest BCUT2D eigenvalue weighted by Gasteiger charge is -2.37. The van der Waals surface area contributed by atoms with E-state index in [0.717, 1.165) is 96.2 Å². The molecular weight excluding hydrogens is 533 g/mol. The van der Waals surface area contributed by atoms with Crippen molar-refractivity contribution in [1.82, 2.24) is 20.0 Å². The molecule has 8 nitrogen and oxygen atoms in total. The topological polar surface area (TPSA) is 73.5 Å². The molecule has 1 N–H and O–H groups in total. The minimum Gasteiger partial charge on any atom is -0.469 e. The zero-order chi connectivity index (χ0) is 22.0. The number of halogens is 1. The first kappa shape index (κ1) is 26.3. The molecule has 1 atom stereocenters. The Balaban J connectivity index is 0.00000306. The molecule has 3 saturated heterocycles. The van der Waals surface area contributed by atoms with Crippen LogP contribution in [0.25, 0.3) is 0 Å². The van der Waals surface area contributed by atoms with Crippen LogP contribution in [-0.2, 0) is 16.0 Å². The van der Waals surface area contributed by atoms with Crippen LogP contribution in [0, 0.1) is 0 Å². The molecule has 4 heterocycles. The molecule has 0 spiro atoms. The van der Waals surface area contributed by atoms with Gasteiger partial charge in [0.2, 0.25) is 5.91 Å². The van der Waals surface area contributed by atoms with Crippen LogP contribution in [0.15, 0.2) is 27.8 Å². The lowest BCUT2D eigenvalue weighted by atomic mass is 10.2. The van der Waals surface area contributed by atoms with Crippen LogP contribution in [0.5, 0.6) is 0 Å². The Kier molecular flexibility index (Phi) is 11.3. The van der Waals surface area contributed by atoms with E-state index in [0.29, 0.717) is 19.0 Å². The summed E-state index contributed by atoms with van der Waals surface area (Å²) in [5, 5.41) is 3.53. The van der Waals surface area contributed by atoms with Crippen LogP contribution in [0.1, 0.15) is 44.3 Å². The van der Waals surface area contributed by atoms with Gasteiger partial charge in [0, 0.05) is 58.8 Å². The van der Waals surface area contributed by atoms with Crippen molar-refractivity contribution in [2.75, 3.05) is 65.5 Å². The van der Waals surface area contributed by atoms with Crippen molar-refractivity contribution in [2.45, 2.75) is 51.0 Å². The number of nitrogens with zero attached hydrogens (tertiary/aromatic N) is 4. The molecule has 9 heteroatoms. The maximum atomic E-state index is 12.7. The number of likely N-dealkylation sites (tertiary alicyclic amines) is 1. The predicted octanol–water partition coefficient (Wildman–Crippen LogP) is 2.58. The van der Waals surface area contributed by atoms with Gasteiger partial charge in [-0.1, -0.05) is 12.8 Å². The van der Waals surface area contributed by atoms with Gasteiger partial charge in [0.15, 0.2) is 5.96 Å². The van der Waals surface area contributed by atoms with Crippen molar-refractivity contribution in [1.29, 1.82) is 0 Å². The highest BCUT2D eigenvalue weighted by Gasteiger charge is 2.24. The quantitative estimate of drug-likeness (QED) is 0.307. The van der Waals surface area contributed by atoms with E-state index >= 15 is 0 Å². The van der Waals surface area contributed by atoms with Gasteiger partial charge in [0.1, 0.15) is 5.76 Å². The summed E-state index contributed by atoms with van der Waals surface area (Å²) in [6, 6.07) is 3.93. The molecule has 3 aliphatic heterocycles. The molecule has 1 aromatic rings. The number of carbonyl (C=O) groups is 1. The van der Waals surface area contributed by atoms with E-state index in [-0.39, 0.29) is 30.1 Å². The van der Waals surface area contributed by atoms with Crippen LogP contribution in [-0.4, -0.2) is 98.2 Å². The summed E-state index contributed by atoms with van der Waals surface area (Å²) in [6.07, 6.45) is 9.81. The zero-order valence-corrected chi connectivity index (χ0v) is 22.1. The smallest absolute Gasteiger partial charge is 0.236 e. The van der Waals surface area contributed by atoms with E-state index in [9.17, 15) is 4.79 Å². The zero-order valence-electron chi connectivity index (χ0n) is 19.8. The highest BCUT2D eigenvalue weighted by Crippen LogP contribution is 2.13. The number of hydrogen-bond acceptors (Lipinski definition) is 5. The van der Waals surface area contributed by atoms with E-state index in [2.05, 4.69) is 20.0 Å². The van der Waals surface area contributed by atoms with Gasteiger partial charge in [0.25, 0.3) is 0 Å². The number of nitrogens with one attached hydrogen (secondary N) is 1. The van der Waals surface area contributed by atoms with Crippen molar-refractivity contribution in [3.8, 4) is 0 Å². The fraction of sp³-hybridized carbons (Fsp3) is 0.750. The summed E-state index contributed by atoms with van der Waals surface area (Å²) in [5.41, 5.74) is 0. The molecule has 3 fully saturated rings. The fourth-order valence-corrected chi connectivity index (χ4v) is 4.73. The molecule has 186 valence electrons. The fourth-order valence-electron chi connectivity index (χ4n) is 4.73. The SMILES string of the molecule is I.O=C(CN1CCN(C(=NCC2CCCO2)NCCc2ccco2)CC1)N1CCCCCC1. The number of rotatable bonds is 7. The standard InChI is InChI=1S/C24H39N5O3.HI/c30-23(28-11-3-1-2-4-12-28)20-27-13-15-29(16-14-27)24(26-19-22-8-6-18-32-22)25-10-9-21-7-5-17-31-21;/h5,7,17,22H,1-4,6,8-16,18-20H2,(H,25,26);1H. The lowest BCUT2D eigenvalue weighted by molar-refractivity contribution is -0.132. The van der Waals surface area contributed by atoms with Crippen LogP contribution in [0.4, 0.5) is 0 Å². The normalized spacial score (nSPS) is 22.7. The van der Waals surface area contributed by atoms with Gasteiger partial charge in [-0.25, -0.2) is 0 Å². The summed E-state index contributed by atoms with van der Waals surface area (Å²) in [6.45, 7) is 8.28. The molecule has 0 saturated carbocycles. The van der Waals surface area contributed by atoms with Crippen LogP contribution in [0.2, 0.25) is 0 Å². The second kappa shape index (κ2) is 14.2. The molecule has 0 aliphatic carbocycles. The number of furan rings is 1. The van der Waals surface area contributed by atoms with Crippen molar-refractivity contribution in [3.63, 3.8) is 0 Å². The Labute approximate surface area is 215 Å². The number of guanidine groups is 1. The van der Waals surface area contributed by atoms with E-state index in [4.69, 9.17) is 14.1 Å². The summed E-state index contributed by atoms with van der Waals surface area (Å²) < 4.78 is 11.2. The van der Waals surface area contributed by atoms with Gasteiger partial charge in [0.05, 0.1) is 25.5 Å². The van der Waals surface area contributed by atoms with Gasteiger partial charge in [-0.15, -0.1) is 24.0 Å². The molecular formula is C24H40IN5O3. The number of ether oxygens (including phenoxy) is 1. The van der Waals surface area contributed by atoms with Gasteiger partial charge in [-0.05, 0) is 37.8 Å². The predicted molar refractivity (Wildman–Crippen MR) is 140 cm³/mol. The summed E-state index contributed by atoms with van der Waals surface area (Å²) >= 11 is 0. The average Bonchev–Trinajstić information content (AvgIpc) is 3.46. The van der Waals surface area contributed by atoms with Crippen molar-refractivity contribution in [2.24, 2.45) is 4.99 Å². The third-order valence-corrected chi connectivity index (χ3v) is 6.69. The Morgan fingerprint density at radius 3 is 2.48 bits per heavy atom. The third-order valence-electron chi connectivity index (χ3n) is 6.69. The molecule has 1 aromatic heterocycles. The Morgan fingerprint density at radius 2 is 1.82 bits per heavy atom. The monoisotopic (exact) mass is 573 g/mol. The van der Waals surface area contributed by atoms with E-state index < -0.39 is 0 Å². The number of aliphatic imine (C=N–C) groups is 1. The minimum absolute atomic E-state index is 0. The first-order chi connectivity index (χ1) is 15.8. The summed E-state index contributed by atoms with van der Waals surface area (Å²) in [5.74, 6) is 2.22. The number of amides is 1. The number of piperazine rings is 1. The highest BCUT2D eigenvalue weighted by molar-refractivity contribution is 14.0. The Bertz CT molecular complexity index is 708. The van der Waals surface area contributed by atoms with E-state index in [1.165, 1.54) is 12.8 Å². The molecule has 0 bridgehead atoms. The molecule has 0 aromatic carbocycles. The molecule has 1 amide bonds. The lowest BCUT2D eigenvalue weighted by Crippen LogP contribution is -2.54. The highest BCUT2D eigenvalue weighted by atomic mass is 127. The van der Waals surface area contributed by atoms with Gasteiger partial charge >= 0.3 is 0 Å². The maximum Gasteiger partial charge on any atom is 0.236 e. The van der Waals surface area contributed by atoms with Gasteiger partial charge in [-0.2, -0.15) is 0 Å². The van der Waals surface area contributed by atoms with Gasteiger partial charge < -0.3 is 24.3 Å². The number of hydrogen-bond donors (Lipinski definition) is 1. The first-order valence-electron chi connectivity index (χ1n) is 12.5. The Hall–Kier alpha value is -1.33. The first-order valence-corrected chi connectivity index (χ1v) is 12.5. The molecule has 3 aliphatic rings. The van der Waals surface area contributed by atoms with Crippen molar-refractivity contribution >= 4 is 35.8 Å². The van der Waals surface area contributed by atoms with Gasteiger partial charge in [-0.3, -0.25) is 14.7 Å². The van der Waals surface area contributed by atoms with Crippen LogP contribution in [0.3, 0.4) is 0 Å². The average molecular weight is 574 g/mol. The maximum absolute atomic E-state index is 12.7. The largest absolute Gasteiger partial charge is 0.469 e. The molecule has 0 radical (unpaired) electrons. The second-order valence-electron chi connectivity index (χ2n) is 9.11. The van der Waals surface area contributed by atoms with Crippen molar-refractivity contribution < 1.29 is 13.9 Å². The van der Waals surface area contributed by atoms with E-state index in [1.807, 2.05) is 12.1 Å². The van der Waals surface area contributed by atoms with Crippen molar-refractivity contribution in [3.05, 3.63) is 24.2 Å². The second-order valence-corrected chi connectivity index (χ2v) is 9.11. The summed E-state index contributed by atoms with van der Waals surface area (Å²) in [4.78, 5) is 24.3. The van der Waals surface area contributed by atoms with Crippen LogP contribution < -0.4 is 5.32 Å². The summed E-state index contributed by atoms with van der Waals surface area (Å²) in [7, 11) is 0. The third kappa shape index (κ3) is 8.43. The molecule has 1 unspecified atom stereocenters. The minimum atomic E-state index is 0.